The summed E-state index contributed by atoms with van der Waals surface area (Å²) in [5, 5.41) is 3.21. The number of carbonyl (C=O) groups excluding carboxylic acids is 1. The molecule has 1 N–H and O–H groups in total. The molecule has 1 aliphatic rings. The molecule has 0 atom stereocenters. The molecule has 5 heteroatoms. The van der Waals surface area contributed by atoms with Crippen molar-refractivity contribution < 1.29 is 13.6 Å². The monoisotopic (exact) mass is 434 g/mol. The Balaban J connectivity index is 1.31. The molecule has 0 spiro atoms. The second kappa shape index (κ2) is 10.5. The molecule has 0 unspecified atom stereocenters. The molecule has 166 valence electrons. The topological polar surface area (TPSA) is 32.3 Å². The third-order valence-corrected chi connectivity index (χ3v) is 6.14. The Kier molecular flexibility index (Phi) is 7.28. The third-order valence-electron chi connectivity index (χ3n) is 6.14. The molecule has 0 aromatic heterocycles. The summed E-state index contributed by atoms with van der Waals surface area (Å²) in [6.07, 6.45) is 2.09. The van der Waals surface area contributed by atoms with Crippen LogP contribution in [0, 0.1) is 11.6 Å². The Morgan fingerprint density at radius 1 is 0.875 bits per heavy atom. The van der Waals surface area contributed by atoms with Gasteiger partial charge in [0.05, 0.1) is 0 Å². The molecule has 4 rings (SSSR count). The molecule has 0 bridgehead atoms. The van der Waals surface area contributed by atoms with Crippen molar-refractivity contribution in [2.75, 3.05) is 13.1 Å². The van der Waals surface area contributed by atoms with Crippen LogP contribution in [0.15, 0.2) is 78.9 Å². The van der Waals surface area contributed by atoms with Crippen LogP contribution in [0.1, 0.15) is 41.9 Å². The van der Waals surface area contributed by atoms with Crippen LogP contribution in [0.2, 0.25) is 0 Å². The first-order valence-corrected chi connectivity index (χ1v) is 11.1. The molecular formula is C27H28F2N2O. The highest BCUT2D eigenvalue weighted by atomic mass is 19.2. The highest BCUT2D eigenvalue weighted by Gasteiger charge is 2.23. The number of rotatable bonds is 7. The van der Waals surface area contributed by atoms with Crippen LogP contribution in [0.25, 0.3) is 0 Å². The summed E-state index contributed by atoms with van der Waals surface area (Å²) >= 11 is 0. The number of carbonyl (C=O) groups is 1. The first kappa shape index (κ1) is 22.2. The number of benzene rings is 3. The molecule has 0 saturated carbocycles. The molecule has 1 fully saturated rings. The summed E-state index contributed by atoms with van der Waals surface area (Å²) in [5.74, 6) is -1.55. The van der Waals surface area contributed by atoms with Crippen molar-refractivity contribution in [3.8, 4) is 0 Å². The Morgan fingerprint density at radius 2 is 1.47 bits per heavy atom. The van der Waals surface area contributed by atoms with Gasteiger partial charge in [-0.2, -0.15) is 0 Å². The number of amides is 1. The number of likely N-dealkylation sites (tertiary alicyclic amines) is 1. The first-order valence-electron chi connectivity index (χ1n) is 11.1. The minimum atomic E-state index is -0.820. The minimum absolute atomic E-state index is 0.0193. The van der Waals surface area contributed by atoms with Crippen LogP contribution < -0.4 is 5.32 Å². The van der Waals surface area contributed by atoms with Gasteiger partial charge in [0.25, 0.3) is 0 Å². The largest absolute Gasteiger partial charge is 0.353 e. The lowest BCUT2D eigenvalue weighted by Crippen LogP contribution is -2.44. The van der Waals surface area contributed by atoms with E-state index in [0.717, 1.165) is 42.6 Å². The van der Waals surface area contributed by atoms with E-state index in [2.05, 4.69) is 34.5 Å². The van der Waals surface area contributed by atoms with Gasteiger partial charge < -0.3 is 5.32 Å². The minimum Gasteiger partial charge on any atom is -0.353 e. The Bertz CT molecular complexity index is 979. The van der Waals surface area contributed by atoms with E-state index < -0.39 is 11.6 Å². The molecule has 32 heavy (non-hydrogen) atoms. The Morgan fingerprint density at radius 3 is 2.03 bits per heavy atom. The zero-order valence-corrected chi connectivity index (χ0v) is 18.0. The molecule has 0 radical (unpaired) electrons. The molecule has 3 nitrogen and oxygen atoms in total. The molecule has 1 saturated heterocycles. The second-order valence-electron chi connectivity index (χ2n) is 8.44. The highest BCUT2D eigenvalue weighted by Crippen LogP contribution is 2.28. The van der Waals surface area contributed by atoms with Crippen molar-refractivity contribution in [3.63, 3.8) is 0 Å². The summed E-state index contributed by atoms with van der Waals surface area (Å²) in [6, 6.07) is 24.5. The maximum absolute atomic E-state index is 13.4. The summed E-state index contributed by atoms with van der Waals surface area (Å²) < 4.78 is 26.6. The summed E-state index contributed by atoms with van der Waals surface area (Å²) in [4.78, 5) is 15.1. The van der Waals surface area contributed by atoms with Crippen LogP contribution in [0.5, 0.6) is 0 Å². The lowest BCUT2D eigenvalue weighted by Gasteiger charge is -2.32. The fourth-order valence-electron chi connectivity index (χ4n) is 4.40. The van der Waals surface area contributed by atoms with Crippen molar-refractivity contribution >= 4 is 5.91 Å². The van der Waals surface area contributed by atoms with Gasteiger partial charge in [-0.15, -0.1) is 0 Å². The zero-order valence-electron chi connectivity index (χ0n) is 18.0. The highest BCUT2D eigenvalue weighted by molar-refractivity contribution is 5.78. The predicted octanol–water partition coefficient (Wildman–Crippen LogP) is 5.27. The number of hydrogen-bond donors (Lipinski definition) is 1. The average Bonchev–Trinajstić information content (AvgIpc) is 2.82. The summed E-state index contributed by atoms with van der Waals surface area (Å²) in [7, 11) is 0. The van der Waals surface area contributed by atoms with Crippen molar-refractivity contribution in [2.24, 2.45) is 0 Å². The zero-order chi connectivity index (χ0) is 22.3. The fraction of sp³-hybridized carbons (Fsp3) is 0.296. The van der Waals surface area contributed by atoms with Crippen LogP contribution in [-0.2, 0) is 11.3 Å². The van der Waals surface area contributed by atoms with Gasteiger partial charge in [0.2, 0.25) is 5.91 Å². The molecular weight excluding hydrogens is 406 g/mol. The number of piperidine rings is 1. The van der Waals surface area contributed by atoms with Crippen LogP contribution in [0.3, 0.4) is 0 Å². The van der Waals surface area contributed by atoms with E-state index in [-0.39, 0.29) is 17.9 Å². The van der Waals surface area contributed by atoms with Crippen LogP contribution in [-0.4, -0.2) is 29.9 Å². The molecule has 1 amide bonds. The second-order valence-corrected chi connectivity index (χ2v) is 8.44. The quantitative estimate of drug-likeness (QED) is 0.550. The SMILES string of the molecule is O=C(CC(c1ccccc1)c1ccccc1)NC1CCN(Cc2ccc(F)c(F)c2)CC1. The molecule has 3 aromatic rings. The average molecular weight is 435 g/mol. The van der Waals surface area contributed by atoms with E-state index in [1.165, 1.54) is 12.1 Å². The van der Waals surface area contributed by atoms with E-state index in [0.29, 0.717) is 13.0 Å². The molecule has 1 aliphatic heterocycles. The third kappa shape index (κ3) is 5.80. The van der Waals surface area contributed by atoms with Gasteiger partial charge in [0.1, 0.15) is 0 Å². The lowest BCUT2D eigenvalue weighted by molar-refractivity contribution is -0.122. The maximum Gasteiger partial charge on any atom is 0.221 e. The van der Waals surface area contributed by atoms with Gasteiger partial charge in [-0.3, -0.25) is 9.69 Å². The predicted molar refractivity (Wildman–Crippen MR) is 122 cm³/mol. The molecule has 1 heterocycles. The van der Waals surface area contributed by atoms with E-state index in [9.17, 15) is 13.6 Å². The van der Waals surface area contributed by atoms with Crippen molar-refractivity contribution in [1.82, 2.24) is 10.2 Å². The normalized spacial score (nSPS) is 15.1. The molecule has 3 aromatic carbocycles. The smallest absolute Gasteiger partial charge is 0.221 e. The number of halogens is 2. The standard InChI is InChI=1S/C27H28F2N2O/c28-25-12-11-20(17-26(25)29)19-31-15-13-23(14-16-31)30-27(32)18-24(21-7-3-1-4-8-21)22-9-5-2-6-10-22/h1-12,17,23-24H,13-16,18-19H2,(H,30,32). The van der Waals surface area contributed by atoms with Gasteiger partial charge in [-0.1, -0.05) is 66.7 Å². The molecule has 0 aliphatic carbocycles. The van der Waals surface area contributed by atoms with E-state index in [1.807, 2.05) is 36.4 Å². The fourth-order valence-corrected chi connectivity index (χ4v) is 4.40. The summed E-state index contributed by atoms with van der Waals surface area (Å²) in [5.41, 5.74) is 3.03. The number of hydrogen-bond acceptors (Lipinski definition) is 2. The van der Waals surface area contributed by atoms with Gasteiger partial charge in [-0.25, -0.2) is 8.78 Å². The Hall–Kier alpha value is -3.05. The Labute approximate surface area is 188 Å². The van der Waals surface area contributed by atoms with Crippen molar-refractivity contribution in [3.05, 3.63) is 107 Å². The van der Waals surface area contributed by atoms with Crippen LogP contribution in [0.4, 0.5) is 8.78 Å². The van der Waals surface area contributed by atoms with Gasteiger partial charge in [0.15, 0.2) is 11.6 Å². The van der Waals surface area contributed by atoms with E-state index >= 15 is 0 Å². The first-order chi connectivity index (χ1) is 15.6. The van der Waals surface area contributed by atoms with Gasteiger partial charge in [-0.05, 0) is 41.7 Å². The van der Waals surface area contributed by atoms with Crippen molar-refractivity contribution in [1.29, 1.82) is 0 Å². The number of nitrogens with one attached hydrogen (secondary N) is 1. The van der Waals surface area contributed by atoms with Crippen molar-refractivity contribution in [2.45, 2.75) is 37.8 Å². The number of nitrogens with zero attached hydrogens (tertiary/aromatic N) is 1. The maximum atomic E-state index is 13.4. The van der Waals surface area contributed by atoms with Gasteiger partial charge >= 0.3 is 0 Å². The van der Waals surface area contributed by atoms with Crippen LogP contribution >= 0.6 is 0 Å². The van der Waals surface area contributed by atoms with Gasteiger partial charge in [0, 0.05) is 38.0 Å². The summed E-state index contributed by atoms with van der Waals surface area (Å²) in [6.45, 7) is 2.21. The van der Waals surface area contributed by atoms with E-state index in [4.69, 9.17) is 0 Å². The van der Waals surface area contributed by atoms with E-state index in [1.54, 1.807) is 6.07 Å². The lowest BCUT2D eigenvalue weighted by atomic mass is 9.88.